The smallest absolute Gasteiger partial charge is 0.285 e. The monoisotopic (exact) mass is 268 g/mol. The van der Waals surface area contributed by atoms with E-state index in [4.69, 9.17) is 0 Å². The molecule has 100 valence electrons. The van der Waals surface area contributed by atoms with Gasteiger partial charge in [0, 0.05) is 16.4 Å². The van der Waals surface area contributed by atoms with Crippen LogP contribution in [0.4, 0.5) is 13.2 Å². The van der Waals surface area contributed by atoms with Gasteiger partial charge < -0.3 is 0 Å². The van der Waals surface area contributed by atoms with E-state index in [1.54, 1.807) is 31.2 Å². The zero-order valence-electron chi connectivity index (χ0n) is 10.3. The van der Waals surface area contributed by atoms with Crippen molar-refractivity contribution in [1.82, 2.24) is 0 Å². The first-order valence-electron chi connectivity index (χ1n) is 5.73. The van der Waals surface area contributed by atoms with Crippen LogP contribution in [-0.2, 0) is 6.42 Å². The van der Waals surface area contributed by atoms with Gasteiger partial charge in [0.2, 0.25) is 6.20 Å². The largest absolute Gasteiger partial charge is 0.393 e. The van der Waals surface area contributed by atoms with Crippen molar-refractivity contribution < 1.29 is 23.1 Å². The maximum atomic E-state index is 12.4. The number of rotatable bonds is 2. The fraction of sp³-hybridized carbons (Fsp3) is 0.214. The molecule has 5 heteroatoms. The van der Waals surface area contributed by atoms with Crippen LogP contribution in [0, 0.1) is 6.92 Å². The Kier molecular flexibility index (Phi) is 3.46. The van der Waals surface area contributed by atoms with E-state index in [9.17, 15) is 18.4 Å². The van der Waals surface area contributed by atoms with Crippen LogP contribution in [0.3, 0.4) is 0 Å². The van der Waals surface area contributed by atoms with Crippen LogP contribution < -0.4 is 4.73 Å². The molecule has 0 radical (unpaired) electrons. The van der Waals surface area contributed by atoms with E-state index in [2.05, 4.69) is 0 Å². The summed E-state index contributed by atoms with van der Waals surface area (Å²) < 4.78 is 38.1. The summed E-state index contributed by atoms with van der Waals surface area (Å²) in [6, 6.07) is 9.56. The third-order valence-electron chi connectivity index (χ3n) is 2.78. The summed E-state index contributed by atoms with van der Waals surface area (Å²) in [5.74, 6) is 0. The lowest BCUT2D eigenvalue weighted by Crippen LogP contribution is -2.32. The Bertz CT molecular complexity index is 573. The molecule has 1 aromatic heterocycles. The molecule has 1 N–H and O–H groups in total. The molecule has 0 amide bonds. The molecule has 0 aliphatic heterocycles. The van der Waals surface area contributed by atoms with Crippen LogP contribution in [0.25, 0.3) is 11.3 Å². The molecule has 0 saturated carbocycles. The quantitative estimate of drug-likeness (QED) is 0.656. The highest BCUT2D eigenvalue weighted by molar-refractivity contribution is 5.60. The highest BCUT2D eigenvalue weighted by Gasteiger charge is 2.28. The maximum absolute atomic E-state index is 12.4. The van der Waals surface area contributed by atoms with E-state index in [1.165, 1.54) is 18.3 Å². The molecule has 0 saturated heterocycles. The van der Waals surface area contributed by atoms with Crippen molar-refractivity contribution in [2.75, 3.05) is 0 Å². The van der Waals surface area contributed by atoms with Gasteiger partial charge in [-0.15, -0.1) is 0 Å². The van der Waals surface area contributed by atoms with Crippen molar-refractivity contribution in [2.24, 2.45) is 0 Å². The average Bonchev–Trinajstić information content (AvgIpc) is 2.26. The lowest BCUT2D eigenvalue weighted by molar-refractivity contribution is -0.896. The Hall–Kier alpha value is -2.04. The van der Waals surface area contributed by atoms with Gasteiger partial charge in [-0.3, -0.25) is 5.21 Å². The summed E-state index contributed by atoms with van der Waals surface area (Å²) in [5, 5.41) is 9.76. The van der Waals surface area contributed by atoms with Crippen LogP contribution in [0.5, 0.6) is 0 Å². The molecule has 0 aliphatic carbocycles. The predicted molar refractivity (Wildman–Crippen MR) is 63.8 cm³/mol. The van der Waals surface area contributed by atoms with Crippen molar-refractivity contribution in [3.63, 3.8) is 0 Å². The molecule has 0 bridgehead atoms. The van der Waals surface area contributed by atoms with Crippen LogP contribution in [0.15, 0.2) is 42.6 Å². The molecule has 1 aromatic carbocycles. The van der Waals surface area contributed by atoms with Crippen molar-refractivity contribution in [3.05, 3.63) is 53.7 Å². The summed E-state index contributed by atoms with van der Waals surface area (Å²) in [6.45, 7) is 1.79. The number of nitrogens with zero attached hydrogens (tertiary/aromatic N) is 1. The number of hydrogen-bond donors (Lipinski definition) is 1. The summed E-state index contributed by atoms with van der Waals surface area (Å²) in [7, 11) is 0. The zero-order chi connectivity index (χ0) is 14.0. The fourth-order valence-electron chi connectivity index (χ4n) is 2.02. The average molecular weight is 268 g/mol. The normalized spacial score (nSPS) is 11.6. The topological polar surface area (TPSA) is 24.1 Å². The molecule has 0 aliphatic rings. The minimum atomic E-state index is -4.24. The second-order valence-electron chi connectivity index (χ2n) is 4.38. The second kappa shape index (κ2) is 4.91. The van der Waals surface area contributed by atoms with Gasteiger partial charge in [0.15, 0.2) is 0 Å². The predicted octanol–water partition coefficient (Wildman–Crippen LogP) is 3.29. The third-order valence-corrected chi connectivity index (χ3v) is 2.78. The zero-order valence-corrected chi connectivity index (χ0v) is 10.3. The highest BCUT2D eigenvalue weighted by atomic mass is 19.4. The van der Waals surface area contributed by atoms with E-state index in [0.29, 0.717) is 11.3 Å². The summed E-state index contributed by atoms with van der Waals surface area (Å²) in [5.41, 5.74) is 2.01. The van der Waals surface area contributed by atoms with E-state index >= 15 is 0 Å². The van der Waals surface area contributed by atoms with Crippen molar-refractivity contribution >= 4 is 0 Å². The Labute approximate surface area is 108 Å². The lowest BCUT2D eigenvalue weighted by Gasteiger charge is -2.07. The van der Waals surface area contributed by atoms with Gasteiger partial charge in [-0.25, -0.2) is 0 Å². The Morgan fingerprint density at radius 2 is 1.89 bits per heavy atom. The molecule has 2 rings (SSSR count). The molecule has 2 nitrogen and oxygen atoms in total. The number of hydrogen-bond acceptors (Lipinski definition) is 1. The van der Waals surface area contributed by atoms with E-state index < -0.39 is 12.6 Å². The Morgan fingerprint density at radius 1 is 1.16 bits per heavy atom. The van der Waals surface area contributed by atoms with Crippen LogP contribution >= 0.6 is 0 Å². The molecule has 1 heterocycles. The molecule has 0 spiro atoms. The summed E-state index contributed by atoms with van der Waals surface area (Å²) in [6.07, 6.45) is -3.77. The number of pyridine rings is 1. The minimum Gasteiger partial charge on any atom is -0.285 e. The first-order valence-corrected chi connectivity index (χ1v) is 5.73. The van der Waals surface area contributed by atoms with Gasteiger partial charge in [-0.05, 0) is 30.7 Å². The number of alkyl halides is 3. The first kappa shape index (κ1) is 13.4. The van der Waals surface area contributed by atoms with Gasteiger partial charge in [0.05, 0.1) is 12.0 Å². The molecular formula is C14H13F3NO+. The SMILES string of the molecule is Cc1ccc[n+](O)c1-c1cccc(CC(F)(F)F)c1. The van der Waals surface area contributed by atoms with Gasteiger partial charge in [-0.2, -0.15) is 13.2 Å². The number of aromatic nitrogens is 1. The number of aryl methyl sites for hydroxylation is 1. The van der Waals surface area contributed by atoms with Gasteiger partial charge in [0.25, 0.3) is 5.69 Å². The minimum absolute atomic E-state index is 0.174. The summed E-state index contributed by atoms with van der Waals surface area (Å²) in [4.78, 5) is 0. The molecule has 0 atom stereocenters. The van der Waals surface area contributed by atoms with Crippen molar-refractivity contribution in [2.45, 2.75) is 19.5 Å². The molecule has 19 heavy (non-hydrogen) atoms. The van der Waals surface area contributed by atoms with Gasteiger partial charge in [0.1, 0.15) is 0 Å². The van der Waals surface area contributed by atoms with Gasteiger partial charge in [-0.1, -0.05) is 12.1 Å². The third kappa shape index (κ3) is 3.24. The second-order valence-corrected chi connectivity index (χ2v) is 4.38. The van der Waals surface area contributed by atoms with Crippen LogP contribution in [0.1, 0.15) is 11.1 Å². The van der Waals surface area contributed by atoms with Crippen LogP contribution in [-0.4, -0.2) is 11.4 Å². The molecule has 2 aromatic rings. The lowest BCUT2D eigenvalue weighted by atomic mass is 10.0. The van der Waals surface area contributed by atoms with Crippen LogP contribution in [0.2, 0.25) is 0 Å². The van der Waals surface area contributed by atoms with Crippen molar-refractivity contribution in [3.8, 4) is 11.3 Å². The van der Waals surface area contributed by atoms with Crippen molar-refractivity contribution in [1.29, 1.82) is 0 Å². The Morgan fingerprint density at radius 3 is 2.53 bits per heavy atom. The number of benzene rings is 1. The highest BCUT2D eigenvalue weighted by Crippen LogP contribution is 2.25. The van der Waals surface area contributed by atoms with E-state index in [1.807, 2.05) is 0 Å². The van der Waals surface area contributed by atoms with E-state index in [-0.39, 0.29) is 5.56 Å². The number of halogens is 3. The fourth-order valence-corrected chi connectivity index (χ4v) is 2.02. The molecular weight excluding hydrogens is 255 g/mol. The Balaban J connectivity index is 2.44. The van der Waals surface area contributed by atoms with E-state index in [0.717, 1.165) is 10.3 Å². The maximum Gasteiger partial charge on any atom is 0.393 e. The summed E-state index contributed by atoms with van der Waals surface area (Å²) >= 11 is 0. The molecule has 0 unspecified atom stereocenters. The van der Waals surface area contributed by atoms with Gasteiger partial charge >= 0.3 is 6.18 Å². The molecule has 0 fully saturated rings. The first-order chi connectivity index (χ1) is 8.87. The standard InChI is InChI=1S/C14H13F3NO/c1-10-4-3-7-18(19)13(10)12-6-2-5-11(8-12)9-14(15,16)17/h2-8,19H,9H2,1H3/q+1.